The van der Waals surface area contributed by atoms with E-state index < -0.39 is 10.9 Å². The Balaban J connectivity index is 1.39. The Labute approximate surface area is 221 Å². The first-order chi connectivity index (χ1) is 18.6. The van der Waals surface area contributed by atoms with Crippen LogP contribution in [0.3, 0.4) is 0 Å². The quantitative estimate of drug-likeness (QED) is 0.254. The average Bonchev–Trinajstić information content (AvgIpc) is 2.98. The van der Waals surface area contributed by atoms with E-state index in [2.05, 4.69) is 33.2 Å². The zero-order chi connectivity index (χ0) is 26.2. The molecule has 5 atom stereocenters. The fourth-order valence-electron chi connectivity index (χ4n) is 6.29. The molecular weight excluding hydrogens is 476 g/mol. The summed E-state index contributed by atoms with van der Waals surface area (Å²) in [6.45, 7) is 6.51. The molecule has 0 spiro atoms. The molecule has 1 aromatic heterocycles. The van der Waals surface area contributed by atoms with Gasteiger partial charge in [0.2, 0.25) is 0 Å². The minimum absolute atomic E-state index is 0.160. The van der Waals surface area contributed by atoms with Gasteiger partial charge in [-0.15, -0.1) is 6.58 Å². The van der Waals surface area contributed by atoms with E-state index in [0.717, 1.165) is 53.7 Å². The number of piperidine rings is 3. The third-order valence-electron chi connectivity index (χ3n) is 8.38. The molecular formula is C31H32N4O3. The van der Waals surface area contributed by atoms with Gasteiger partial charge in [-0.1, -0.05) is 36.4 Å². The molecule has 3 saturated heterocycles. The van der Waals surface area contributed by atoms with Gasteiger partial charge in [0.25, 0.3) is 10.9 Å². The van der Waals surface area contributed by atoms with Gasteiger partial charge in [0.1, 0.15) is 17.1 Å². The van der Waals surface area contributed by atoms with Crippen LogP contribution in [-0.4, -0.2) is 36.1 Å². The molecule has 2 N–H and O–H groups in total. The van der Waals surface area contributed by atoms with Crippen LogP contribution in [0, 0.1) is 11.8 Å². The lowest BCUT2D eigenvalue weighted by Gasteiger charge is -2.52. The Kier molecular flexibility index (Phi) is 6.45. The number of hydrogen-bond acceptors (Lipinski definition) is 7. The first kappa shape index (κ1) is 24.4. The minimum atomic E-state index is -0.472. The highest BCUT2D eigenvalue weighted by Crippen LogP contribution is 2.43. The van der Waals surface area contributed by atoms with Gasteiger partial charge in [-0.05, 0) is 66.6 Å². The molecule has 38 heavy (non-hydrogen) atoms. The van der Waals surface area contributed by atoms with Crippen LogP contribution in [0.2, 0.25) is 0 Å². The molecule has 4 heterocycles. The Hall–Kier alpha value is -3.97. The van der Waals surface area contributed by atoms with Gasteiger partial charge in [-0.2, -0.15) is 0 Å². The van der Waals surface area contributed by atoms with Crippen molar-refractivity contribution in [2.45, 2.75) is 31.5 Å². The lowest BCUT2D eigenvalue weighted by atomic mass is 9.73. The molecule has 7 heteroatoms. The normalized spacial score (nSPS) is 23.3. The van der Waals surface area contributed by atoms with Crippen LogP contribution in [0.4, 0.5) is 11.4 Å². The first-order valence-corrected chi connectivity index (χ1v) is 13.2. The van der Waals surface area contributed by atoms with Gasteiger partial charge in [0.15, 0.2) is 0 Å². The summed E-state index contributed by atoms with van der Waals surface area (Å²) in [6.07, 6.45) is 6.04. The van der Waals surface area contributed by atoms with Crippen LogP contribution >= 0.6 is 0 Å². The second-order valence-electron chi connectivity index (χ2n) is 10.4. The molecule has 0 amide bonds. The Morgan fingerprint density at radius 3 is 2.68 bits per heavy atom. The number of pyridine rings is 1. The molecule has 3 aliphatic heterocycles. The first-order valence-electron chi connectivity index (χ1n) is 13.2. The van der Waals surface area contributed by atoms with E-state index in [1.165, 1.54) is 0 Å². The van der Waals surface area contributed by atoms with E-state index >= 15 is 0 Å². The maximum atomic E-state index is 12.9. The minimum Gasteiger partial charge on any atom is -0.497 e. The number of fused-ring (bicyclic) bond motifs is 4. The Morgan fingerprint density at radius 2 is 1.95 bits per heavy atom. The zero-order valence-corrected chi connectivity index (χ0v) is 21.5. The number of anilines is 2. The molecule has 3 fully saturated rings. The smallest absolute Gasteiger partial charge is 0.253 e. The largest absolute Gasteiger partial charge is 0.497 e. The predicted molar refractivity (Wildman–Crippen MR) is 152 cm³/mol. The van der Waals surface area contributed by atoms with Gasteiger partial charge in [0.05, 0.1) is 18.7 Å². The summed E-state index contributed by atoms with van der Waals surface area (Å²) in [5, 5.41) is 7.76. The summed E-state index contributed by atoms with van der Waals surface area (Å²) in [6, 6.07) is 17.7. The summed E-state index contributed by atoms with van der Waals surface area (Å²) in [5.41, 5.74) is 2.74. The van der Waals surface area contributed by atoms with Gasteiger partial charge in [-0.25, -0.2) is 0 Å². The van der Waals surface area contributed by atoms with E-state index in [4.69, 9.17) is 4.74 Å². The highest BCUT2D eigenvalue weighted by Gasteiger charge is 2.43. The summed E-state index contributed by atoms with van der Waals surface area (Å²) in [5.74, 6) is 1.78. The van der Waals surface area contributed by atoms with Crippen molar-refractivity contribution in [3.8, 4) is 5.75 Å². The number of ether oxygens (including phenoxy) is 1. The predicted octanol–water partition coefficient (Wildman–Crippen LogP) is 4.50. The SMILES string of the molecule is C=CC1CN2CCC1CC2[C@@H](Nc1c(NCc2ccccc2)c(=O)c1=O)c1ccnc2ccc(OC)cc12. The highest BCUT2D eigenvalue weighted by atomic mass is 16.5. The van der Waals surface area contributed by atoms with E-state index in [1.807, 2.05) is 60.8 Å². The number of hydrogen-bond donors (Lipinski definition) is 2. The lowest BCUT2D eigenvalue weighted by Crippen LogP contribution is -2.56. The molecule has 7 nitrogen and oxygen atoms in total. The molecule has 0 aliphatic carbocycles. The number of aromatic nitrogens is 1. The van der Waals surface area contributed by atoms with Crippen molar-refractivity contribution in [2.24, 2.45) is 11.8 Å². The summed E-state index contributed by atoms with van der Waals surface area (Å²) in [7, 11) is 1.66. The Morgan fingerprint density at radius 1 is 1.13 bits per heavy atom. The molecule has 4 unspecified atom stereocenters. The topological polar surface area (TPSA) is 83.6 Å². The summed E-state index contributed by atoms with van der Waals surface area (Å²) in [4.78, 5) is 32.6. The maximum Gasteiger partial charge on any atom is 0.253 e. The van der Waals surface area contributed by atoms with E-state index in [1.54, 1.807) is 7.11 Å². The molecule has 7 rings (SSSR count). The molecule has 194 valence electrons. The van der Waals surface area contributed by atoms with Crippen LogP contribution in [0.25, 0.3) is 10.9 Å². The lowest BCUT2D eigenvalue weighted by molar-refractivity contribution is 0.0105. The van der Waals surface area contributed by atoms with Crippen LogP contribution in [0.1, 0.15) is 30.0 Å². The van der Waals surface area contributed by atoms with Crippen LogP contribution in [0.5, 0.6) is 5.75 Å². The van der Waals surface area contributed by atoms with E-state index in [-0.39, 0.29) is 12.1 Å². The van der Waals surface area contributed by atoms with Crippen molar-refractivity contribution in [3.05, 3.63) is 105 Å². The van der Waals surface area contributed by atoms with Gasteiger partial charge >= 0.3 is 0 Å². The molecule has 3 aromatic carbocycles. The molecule has 2 bridgehead atoms. The molecule has 3 aliphatic rings. The number of nitrogens with one attached hydrogen (secondary N) is 2. The number of nitrogens with zero attached hydrogens (tertiary/aromatic N) is 2. The maximum absolute atomic E-state index is 12.9. The number of benzene rings is 2. The van der Waals surface area contributed by atoms with Crippen LogP contribution < -0.4 is 26.2 Å². The average molecular weight is 509 g/mol. The number of rotatable bonds is 9. The van der Waals surface area contributed by atoms with Crippen LogP contribution in [-0.2, 0) is 6.54 Å². The third-order valence-corrected chi connectivity index (χ3v) is 8.38. The van der Waals surface area contributed by atoms with Gasteiger partial charge in [0, 0.05) is 30.7 Å². The van der Waals surface area contributed by atoms with Crippen molar-refractivity contribution in [1.82, 2.24) is 9.88 Å². The Bertz CT molecular complexity index is 1540. The number of methoxy groups -OCH3 is 1. The molecule has 4 aromatic rings. The monoisotopic (exact) mass is 508 g/mol. The molecule has 0 saturated carbocycles. The van der Waals surface area contributed by atoms with Crippen molar-refractivity contribution >= 4 is 22.3 Å². The fraction of sp³-hybridized carbons (Fsp3) is 0.323. The highest BCUT2D eigenvalue weighted by molar-refractivity contribution is 5.85. The van der Waals surface area contributed by atoms with E-state index in [9.17, 15) is 9.59 Å². The van der Waals surface area contributed by atoms with Crippen LogP contribution in [0.15, 0.2) is 83.0 Å². The summed E-state index contributed by atoms with van der Waals surface area (Å²) >= 11 is 0. The second-order valence-corrected chi connectivity index (χ2v) is 10.4. The van der Waals surface area contributed by atoms with Crippen molar-refractivity contribution in [3.63, 3.8) is 0 Å². The standard InChI is InChI=1S/C31H32N4O3/c1-3-20-18-35-14-12-21(20)15-26(35)27(23-11-13-32-25-10-9-22(38-2)16-24(23)25)34-29-28(30(36)31(29)37)33-17-19-7-5-4-6-8-19/h3-11,13,16,20-21,26-27,33-34H,1,12,14-15,17-18H2,2H3/t20?,21?,26?,27-/m0/s1. The van der Waals surface area contributed by atoms with Crippen molar-refractivity contribution in [1.29, 1.82) is 0 Å². The van der Waals surface area contributed by atoms with Gasteiger partial charge < -0.3 is 15.4 Å². The summed E-state index contributed by atoms with van der Waals surface area (Å²) < 4.78 is 5.53. The van der Waals surface area contributed by atoms with E-state index in [0.29, 0.717) is 29.8 Å². The van der Waals surface area contributed by atoms with Crippen molar-refractivity contribution < 1.29 is 4.74 Å². The fourth-order valence-corrected chi connectivity index (χ4v) is 6.29. The third kappa shape index (κ3) is 4.27. The molecule has 0 radical (unpaired) electrons. The van der Waals surface area contributed by atoms with Crippen molar-refractivity contribution in [2.75, 3.05) is 30.8 Å². The zero-order valence-electron chi connectivity index (χ0n) is 21.5. The van der Waals surface area contributed by atoms with Gasteiger partial charge in [-0.3, -0.25) is 19.5 Å². The second kappa shape index (κ2) is 10.1.